The summed E-state index contributed by atoms with van der Waals surface area (Å²) in [4.78, 5) is 18.0. The van der Waals surface area contributed by atoms with Gasteiger partial charge in [0.1, 0.15) is 0 Å². The average molecular weight is 595 g/mol. The zero-order chi connectivity index (χ0) is 27.4. The number of carbonyl (C=O) groups excluding carboxylic acids is 1. The highest BCUT2D eigenvalue weighted by molar-refractivity contribution is 7.89. The summed E-state index contributed by atoms with van der Waals surface area (Å²) in [7, 11) is -3.76. The van der Waals surface area contributed by atoms with Gasteiger partial charge in [-0.2, -0.15) is 4.31 Å². The van der Waals surface area contributed by atoms with Crippen LogP contribution in [0.4, 0.5) is 0 Å². The second-order valence-corrected chi connectivity index (χ2v) is 13.5. The molecule has 10 heteroatoms. The quantitative estimate of drug-likeness (QED) is 0.443. The Balaban J connectivity index is 1.20. The van der Waals surface area contributed by atoms with Gasteiger partial charge in [-0.05, 0) is 61.8 Å². The Morgan fingerprint density at radius 3 is 2.33 bits per heavy atom. The van der Waals surface area contributed by atoms with Crippen molar-refractivity contribution in [3.63, 3.8) is 0 Å². The molecule has 3 aliphatic heterocycles. The average Bonchev–Trinajstić information content (AvgIpc) is 3.43. The molecule has 0 N–H and O–H groups in total. The van der Waals surface area contributed by atoms with E-state index in [0.29, 0.717) is 43.0 Å². The smallest absolute Gasteiger partial charge is 0.243 e. The van der Waals surface area contributed by atoms with Gasteiger partial charge in [0, 0.05) is 51.2 Å². The molecule has 2 unspecified atom stereocenters. The molecule has 0 spiro atoms. The van der Waals surface area contributed by atoms with Gasteiger partial charge < -0.3 is 9.64 Å². The molecule has 0 aromatic heterocycles. The van der Waals surface area contributed by atoms with Gasteiger partial charge in [-0.1, -0.05) is 53.5 Å². The van der Waals surface area contributed by atoms with E-state index in [-0.39, 0.29) is 28.3 Å². The molecule has 2 aromatic carbocycles. The van der Waals surface area contributed by atoms with Crippen molar-refractivity contribution < 1.29 is 17.9 Å². The molecule has 2 atom stereocenters. The number of halogens is 2. The monoisotopic (exact) mass is 593 g/mol. The molecule has 5 rings (SSSR count). The molecule has 2 aromatic rings. The Labute approximate surface area is 242 Å². The molecule has 3 heterocycles. The Bertz CT molecular complexity index is 1230. The second-order valence-electron chi connectivity index (χ2n) is 10.8. The highest BCUT2D eigenvalue weighted by Crippen LogP contribution is 2.33. The van der Waals surface area contributed by atoms with Gasteiger partial charge in [-0.15, -0.1) is 0 Å². The Hall–Kier alpha value is -1.68. The lowest BCUT2D eigenvalue weighted by molar-refractivity contribution is -0.133. The fourth-order valence-corrected chi connectivity index (χ4v) is 8.41. The van der Waals surface area contributed by atoms with E-state index in [2.05, 4.69) is 35.2 Å². The molecular weight excluding hydrogens is 557 g/mol. The molecule has 0 saturated carbocycles. The van der Waals surface area contributed by atoms with Gasteiger partial charge in [-0.3, -0.25) is 9.69 Å². The van der Waals surface area contributed by atoms with Gasteiger partial charge in [0.15, 0.2) is 0 Å². The first-order valence-electron chi connectivity index (χ1n) is 13.9. The SMILES string of the molecule is O=C(CC1CCCN1S(=O)(=O)c1ccc(Cl)c(Cl)c1)N1CCC(C(Cc2ccccc2)N2CCOCC2)CC1. The third-order valence-electron chi connectivity index (χ3n) is 8.47. The van der Waals surface area contributed by atoms with Gasteiger partial charge >= 0.3 is 0 Å². The van der Waals surface area contributed by atoms with Crippen LogP contribution in [-0.2, 0) is 26.0 Å². The van der Waals surface area contributed by atoms with Gasteiger partial charge in [0.2, 0.25) is 15.9 Å². The predicted molar refractivity (Wildman–Crippen MR) is 154 cm³/mol. The van der Waals surface area contributed by atoms with Crippen molar-refractivity contribution in [3.05, 3.63) is 64.1 Å². The number of hydrogen-bond donors (Lipinski definition) is 0. The number of sulfonamides is 1. The topological polar surface area (TPSA) is 70.2 Å². The summed E-state index contributed by atoms with van der Waals surface area (Å²) in [5.74, 6) is 0.547. The zero-order valence-corrected chi connectivity index (χ0v) is 24.5. The molecule has 212 valence electrons. The minimum Gasteiger partial charge on any atom is -0.379 e. The van der Waals surface area contributed by atoms with Crippen LogP contribution in [0, 0.1) is 5.92 Å². The summed E-state index contributed by atoms with van der Waals surface area (Å²) in [6.45, 7) is 5.26. The number of piperidine rings is 1. The first-order valence-corrected chi connectivity index (χ1v) is 16.1. The number of morpholine rings is 1. The maximum atomic E-state index is 13.4. The van der Waals surface area contributed by atoms with Crippen LogP contribution in [0.15, 0.2) is 53.4 Å². The van der Waals surface area contributed by atoms with Crippen LogP contribution in [0.25, 0.3) is 0 Å². The predicted octanol–water partition coefficient (Wildman–Crippen LogP) is 4.72. The van der Waals surface area contributed by atoms with Gasteiger partial charge in [-0.25, -0.2) is 8.42 Å². The summed E-state index contributed by atoms with van der Waals surface area (Å²) in [5, 5.41) is 0.516. The van der Waals surface area contributed by atoms with Crippen LogP contribution in [0.3, 0.4) is 0 Å². The third kappa shape index (κ3) is 6.80. The van der Waals surface area contributed by atoms with Crippen LogP contribution < -0.4 is 0 Å². The van der Waals surface area contributed by atoms with E-state index < -0.39 is 10.0 Å². The third-order valence-corrected chi connectivity index (χ3v) is 11.2. The van der Waals surface area contributed by atoms with Crippen molar-refractivity contribution >= 4 is 39.1 Å². The fraction of sp³-hybridized carbons (Fsp3) is 0.552. The summed E-state index contributed by atoms with van der Waals surface area (Å²) in [5.41, 5.74) is 1.34. The van der Waals surface area contributed by atoms with Crippen LogP contribution in [-0.4, -0.2) is 86.5 Å². The van der Waals surface area contributed by atoms with E-state index in [1.807, 2.05) is 4.90 Å². The van der Waals surface area contributed by atoms with Crippen molar-refractivity contribution in [2.24, 2.45) is 5.92 Å². The number of rotatable bonds is 8. The fourth-order valence-electron chi connectivity index (χ4n) is 6.33. The normalized spacial score (nSPS) is 22.7. The Morgan fingerprint density at radius 2 is 1.64 bits per heavy atom. The van der Waals surface area contributed by atoms with Crippen molar-refractivity contribution in [3.8, 4) is 0 Å². The molecule has 0 aliphatic carbocycles. The van der Waals surface area contributed by atoms with Crippen molar-refractivity contribution in [2.45, 2.75) is 55.5 Å². The molecule has 3 saturated heterocycles. The van der Waals surface area contributed by atoms with Gasteiger partial charge in [0.25, 0.3) is 0 Å². The lowest BCUT2D eigenvalue weighted by Crippen LogP contribution is -2.51. The largest absolute Gasteiger partial charge is 0.379 e. The Morgan fingerprint density at radius 1 is 0.923 bits per heavy atom. The van der Waals surface area contributed by atoms with Crippen LogP contribution in [0.1, 0.15) is 37.7 Å². The number of carbonyl (C=O) groups is 1. The molecule has 1 amide bonds. The first kappa shape index (κ1) is 28.8. The van der Waals surface area contributed by atoms with E-state index in [9.17, 15) is 13.2 Å². The summed E-state index contributed by atoms with van der Waals surface area (Å²) < 4.78 is 33.8. The second kappa shape index (κ2) is 12.9. The van der Waals surface area contributed by atoms with Crippen molar-refractivity contribution in [2.75, 3.05) is 45.9 Å². The zero-order valence-electron chi connectivity index (χ0n) is 22.2. The number of nitrogens with zero attached hydrogens (tertiary/aromatic N) is 3. The van der Waals surface area contributed by atoms with Crippen molar-refractivity contribution in [1.29, 1.82) is 0 Å². The molecule has 0 bridgehead atoms. The molecule has 0 radical (unpaired) electrons. The molecule has 3 fully saturated rings. The van der Waals surface area contributed by atoms with E-state index in [1.165, 1.54) is 28.1 Å². The van der Waals surface area contributed by atoms with E-state index in [1.54, 1.807) is 0 Å². The molecular formula is C29H37Cl2N3O4S. The van der Waals surface area contributed by atoms with E-state index >= 15 is 0 Å². The van der Waals surface area contributed by atoms with Crippen LogP contribution in [0.5, 0.6) is 0 Å². The molecule has 39 heavy (non-hydrogen) atoms. The number of likely N-dealkylation sites (tertiary alicyclic amines) is 1. The summed E-state index contributed by atoms with van der Waals surface area (Å²) >= 11 is 12.1. The Kier molecular flexibility index (Phi) is 9.52. The number of benzene rings is 2. The van der Waals surface area contributed by atoms with Crippen LogP contribution in [0.2, 0.25) is 10.0 Å². The maximum absolute atomic E-state index is 13.4. The molecule has 3 aliphatic rings. The minimum absolute atomic E-state index is 0.0423. The highest BCUT2D eigenvalue weighted by Gasteiger charge is 2.38. The summed E-state index contributed by atoms with van der Waals surface area (Å²) in [6.07, 6.45) is 4.54. The lowest BCUT2D eigenvalue weighted by Gasteiger charge is -2.43. The van der Waals surface area contributed by atoms with Crippen LogP contribution >= 0.6 is 23.2 Å². The number of ether oxygens (including phenoxy) is 1. The maximum Gasteiger partial charge on any atom is 0.243 e. The molecule has 7 nitrogen and oxygen atoms in total. The van der Waals surface area contributed by atoms with E-state index in [0.717, 1.165) is 52.0 Å². The van der Waals surface area contributed by atoms with Crippen molar-refractivity contribution in [1.82, 2.24) is 14.1 Å². The number of amides is 1. The summed E-state index contributed by atoms with van der Waals surface area (Å²) in [6, 6.07) is 15.1. The number of hydrogen-bond acceptors (Lipinski definition) is 5. The first-order chi connectivity index (χ1) is 18.8. The highest BCUT2D eigenvalue weighted by atomic mass is 35.5. The standard InChI is InChI=1S/C29H37Cl2N3O4S/c30-26-9-8-25(21-27(26)31)39(36,37)34-12-4-7-24(34)20-29(35)33-13-10-23(11-14-33)28(32-15-17-38-18-16-32)19-22-5-2-1-3-6-22/h1-3,5-6,8-9,21,23-24,28H,4,7,10-20H2. The van der Waals surface area contributed by atoms with Gasteiger partial charge in [0.05, 0.1) is 28.2 Å². The van der Waals surface area contributed by atoms with E-state index in [4.69, 9.17) is 27.9 Å². The minimum atomic E-state index is -3.76. The lowest BCUT2D eigenvalue weighted by atomic mass is 9.84.